The van der Waals surface area contributed by atoms with Crippen molar-refractivity contribution in [3.63, 3.8) is 0 Å². The second-order valence-corrected chi connectivity index (χ2v) is 11.6. The fourth-order valence-electron chi connectivity index (χ4n) is 3.49. The topological polar surface area (TPSA) is 133 Å². The van der Waals surface area contributed by atoms with Crippen LogP contribution in [0, 0.1) is 0 Å². The maximum atomic E-state index is 12.8. The Morgan fingerprint density at radius 3 is 2.06 bits per heavy atom. The molecule has 2 heterocycles. The average Bonchev–Trinajstić information content (AvgIpc) is 2.79. The number of carbonyl (C=O) groups is 2. The third-order valence-electron chi connectivity index (χ3n) is 5.42. The number of nitrogens with one attached hydrogen (secondary N) is 1. The number of morpholine rings is 1. The summed E-state index contributed by atoms with van der Waals surface area (Å²) in [5.41, 5.74) is 0.432. The lowest BCUT2D eigenvalue weighted by atomic mass is 10.2. The molecule has 0 bridgehead atoms. The fraction of sp³-hybridized carbons (Fsp3) is 0.579. The molecule has 32 heavy (non-hydrogen) atoms. The molecule has 0 aliphatic carbocycles. The van der Waals surface area contributed by atoms with Crippen molar-refractivity contribution in [3.8, 4) is 0 Å². The van der Waals surface area contributed by atoms with Gasteiger partial charge in [0.15, 0.2) is 5.78 Å². The maximum Gasteiger partial charge on any atom is 0.317 e. The number of piperazine rings is 1. The standard InChI is InChI=1S/C19H28N4O7S2/c1-16(24)17-2-4-18(5-3-17)32(28,29)23-9-7-21(8-10-23)19(25)20-6-15-31(26,27)22-11-13-30-14-12-22/h2-5H,6-15H2,1H3,(H,20,25). The van der Waals surface area contributed by atoms with Crippen molar-refractivity contribution in [2.24, 2.45) is 0 Å². The van der Waals surface area contributed by atoms with Crippen molar-refractivity contribution in [1.29, 1.82) is 0 Å². The number of sulfonamides is 2. The highest BCUT2D eigenvalue weighted by Crippen LogP contribution is 2.18. The van der Waals surface area contributed by atoms with Gasteiger partial charge in [-0.05, 0) is 19.1 Å². The quantitative estimate of drug-likeness (QED) is 0.515. The molecule has 1 aromatic carbocycles. The predicted octanol–water partition coefficient (Wildman–Crippen LogP) is -0.433. The van der Waals surface area contributed by atoms with Crippen molar-refractivity contribution in [2.45, 2.75) is 11.8 Å². The Kier molecular flexibility index (Phi) is 7.88. The molecule has 2 amide bonds. The lowest BCUT2D eigenvalue weighted by Gasteiger charge is -2.34. The number of ether oxygens (including phenoxy) is 1. The highest BCUT2D eigenvalue weighted by atomic mass is 32.2. The van der Waals surface area contributed by atoms with E-state index in [9.17, 15) is 26.4 Å². The zero-order valence-electron chi connectivity index (χ0n) is 17.9. The Labute approximate surface area is 188 Å². The molecule has 0 radical (unpaired) electrons. The van der Waals surface area contributed by atoms with Gasteiger partial charge in [0.25, 0.3) is 0 Å². The van der Waals surface area contributed by atoms with E-state index in [-0.39, 0.29) is 49.2 Å². The molecule has 0 unspecified atom stereocenters. The van der Waals surface area contributed by atoms with Gasteiger partial charge in [-0.3, -0.25) is 4.79 Å². The minimum Gasteiger partial charge on any atom is -0.379 e. The van der Waals surface area contributed by atoms with Crippen LogP contribution >= 0.6 is 0 Å². The monoisotopic (exact) mass is 488 g/mol. The number of carbonyl (C=O) groups excluding carboxylic acids is 2. The van der Waals surface area contributed by atoms with Gasteiger partial charge in [-0.15, -0.1) is 0 Å². The summed E-state index contributed by atoms with van der Waals surface area (Å²) in [4.78, 5) is 25.3. The molecular weight excluding hydrogens is 460 g/mol. The molecule has 0 saturated carbocycles. The third-order valence-corrected chi connectivity index (χ3v) is 9.21. The number of hydrogen-bond donors (Lipinski definition) is 1. The van der Waals surface area contributed by atoms with Crippen LogP contribution in [0.1, 0.15) is 17.3 Å². The van der Waals surface area contributed by atoms with E-state index in [1.54, 1.807) is 0 Å². The first kappa shape index (κ1) is 24.6. The van der Waals surface area contributed by atoms with Gasteiger partial charge in [-0.1, -0.05) is 12.1 Å². The number of ketones is 1. The van der Waals surface area contributed by atoms with Gasteiger partial charge >= 0.3 is 6.03 Å². The molecule has 11 nitrogen and oxygen atoms in total. The fourth-order valence-corrected chi connectivity index (χ4v) is 6.24. The highest BCUT2D eigenvalue weighted by Gasteiger charge is 2.30. The summed E-state index contributed by atoms with van der Waals surface area (Å²) < 4.78 is 58.0. The molecule has 2 fully saturated rings. The summed E-state index contributed by atoms with van der Waals surface area (Å²) in [7, 11) is -7.20. The van der Waals surface area contributed by atoms with E-state index in [0.717, 1.165) is 0 Å². The van der Waals surface area contributed by atoms with Crippen LogP contribution in [0.3, 0.4) is 0 Å². The van der Waals surface area contributed by atoms with Crippen molar-refractivity contribution in [3.05, 3.63) is 29.8 Å². The Morgan fingerprint density at radius 2 is 1.50 bits per heavy atom. The van der Waals surface area contributed by atoms with Crippen LogP contribution in [-0.2, 0) is 24.8 Å². The van der Waals surface area contributed by atoms with Crippen LogP contribution in [0.2, 0.25) is 0 Å². The van der Waals surface area contributed by atoms with Crippen molar-refractivity contribution in [1.82, 2.24) is 18.8 Å². The highest BCUT2D eigenvalue weighted by molar-refractivity contribution is 7.89. The van der Waals surface area contributed by atoms with Gasteiger partial charge < -0.3 is 15.0 Å². The van der Waals surface area contributed by atoms with Crippen LogP contribution in [-0.4, -0.2) is 107 Å². The van der Waals surface area contributed by atoms with E-state index < -0.39 is 26.1 Å². The number of Topliss-reactive ketones (excluding diaryl/α,β-unsaturated/α-hetero) is 1. The Morgan fingerprint density at radius 1 is 0.906 bits per heavy atom. The van der Waals surface area contributed by atoms with Crippen molar-refractivity contribution in [2.75, 3.05) is 64.8 Å². The summed E-state index contributed by atoms with van der Waals surface area (Å²) >= 11 is 0. The molecule has 3 rings (SSSR count). The number of urea groups is 1. The van der Waals surface area contributed by atoms with Crippen molar-refractivity contribution >= 4 is 31.9 Å². The molecule has 2 aliphatic heterocycles. The molecular formula is C19H28N4O7S2. The SMILES string of the molecule is CC(=O)c1ccc(S(=O)(=O)N2CCN(C(=O)NCCS(=O)(=O)N3CCOCC3)CC2)cc1. The number of hydrogen-bond acceptors (Lipinski definition) is 7. The van der Waals surface area contributed by atoms with Gasteiger partial charge in [0.2, 0.25) is 20.0 Å². The molecule has 2 saturated heterocycles. The molecule has 0 aromatic heterocycles. The first-order valence-corrected chi connectivity index (χ1v) is 13.4. The Bertz CT molecular complexity index is 1030. The van der Waals surface area contributed by atoms with Crippen LogP contribution in [0.15, 0.2) is 29.2 Å². The lowest BCUT2D eigenvalue weighted by Crippen LogP contribution is -2.53. The van der Waals surface area contributed by atoms with Crippen LogP contribution in [0.25, 0.3) is 0 Å². The van der Waals surface area contributed by atoms with Crippen LogP contribution in [0.5, 0.6) is 0 Å². The average molecular weight is 489 g/mol. The van der Waals surface area contributed by atoms with Gasteiger partial charge in [0.1, 0.15) is 0 Å². The number of rotatable bonds is 7. The van der Waals surface area contributed by atoms with Gasteiger partial charge in [-0.2, -0.15) is 8.61 Å². The van der Waals surface area contributed by atoms with E-state index in [0.29, 0.717) is 31.9 Å². The largest absolute Gasteiger partial charge is 0.379 e. The molecule has 2 aliphatic rings. The molecule has 1 aromatic rings. The molecule has 0 spiro atoms. The second-order valence-electron chi connectivity index (χ2n) is 7.53. The third kappa shape index (κ3) is 5.84. The lowest BCUT2D eigenvalue weighted by molar-refractivity contribution is 0.0730. The van der Waals surface area contributed by atoms with E-state index in [1.165, 1.54) is 44.7 Å². The number of benzene rings is 1. The zero-order chi connectivity index (χ0) is 23.4. The molecule has 178 valence electrons. The van der Waals surface area contributed by atoms with Gasteiger partial charge in [0, 0.05) is 51.4 Å². The minimum atomic E-state index is -3.73. The zero-order valence-corrected chi connectivity index (χ0v) is 19.5. The number of amides is 2. The van der Waals surface area contributed by atoms with E-state index in [4.69, 9.17) is 4.74 Å². The Hall–Kier alpha value is -2.06. The minimum absolute atomic E-state index is 0.0282. The van der Waals surface area contributed by atoms with Crippen LogP contribution < -0.4 is 5.32 Å². The molecule has 1 N–H and O–H groups in total. The second kappa shape index (κ2) is 10.3. The van der Waals surface area contributed by atoms with Crippen molar-refractivity contribution < 1.29 is 31.2 Å². The summed E-state index contributed by atoms with van der Waals surface area (Å²) in [6, 6.07) is 5.33. The Balaban J connectivity index is 1.48. The molecule has 0 atom stereocenters. The normalized spacial score (nSPS) is 19.0. The van der Waals surface area contributed by atoms with E-state index in [1.807, 2.05) is 0 Å². The van der Waals surface area contributed by atoms with Crippen LogP contribution in [0.4, 0.5) is 4.79 Å². The predicted molar refractivity (Wildman–Crippen MR) is 116 cm³/mol. The number of nitrogens with zero attached hydrogens (tertiary/aromatic N) is 3. The van der Waals surface area contributed by atoms with Gasteiger partial charge in [-0.25, -0.2) is 21.6 Å². The summed E-state index contributed by atoms with van der Waals surface area (Å²) in [5, 5.41) is 2.60. The van der Waals surface area contributed by atoms with Gasteiger partial charge in [0.05, 0.1) is 23.9 Å². The first-order chi connectivity index (χ1) is 15.1. The molecule has 13 heteroatoms. The maximum absolute atomic E-state index is 12.8. The van der Waals surface area contributed by atoms with E-state index >= 15 is 0 Å². The summed E-state index contributed by atoms with van der Waals surface area (Å²) in [6.45, 7) is 3.34. The first-order valence-electron chi connectivity index (χ1n) is 10.3. The van der Waals surface area contributed by atoms with E-state index in [2.05, 4.69) is 5.32 Å². The summed E-state index contributed by atoms with van der Waals surface area (Å²) in [6.07, 6.45) is 0. The summed E-state index contributed by atoms with van der Waals surface area (Å²) in [5.74, 6) is -0.352. The smallest absolute Gasteiger partial charge is 0.317 e.